The zero-order chi connectivity index (χ0) is 25.0. The van der Waals surface area contributed by atoms with Crippen LogP contribution in [0.5, 0.6) is 11.5 Å². The second-order valence-corrected chi connectivity index (χ2v) is 9.75. The first kappa shape index (κ1) is 24.3. The maximum Gasteiger partial charge on any atom is 0.270 e. The molecule has 3 aromatic rings. The summed E-state index contributed by atoms with van der Waals surface area (Å²) in [7, 11) is -0.945. The minimum absolute atomic E-state index is 0.212. The molecule has 0 saturated heterocycles. The van der Waals surface area contributed by atoms with Crippen LogP contribution in [0.15, 0.2) is 77.7 Å². The predicted octanol–water partition coefficient (Wildman–Crippen LogP) is 3.99. The smallest absolute Gasteiger partial charge is 0.270 e. The van der Waals surface area contributed by atoms with Crippen LogP contribution in [0, 0.1) is 0 Å². The van der Waals surface area contributed by atoms with Crippen LogP contribution >= 0.6 is 0 Å². The van der Waals surface area contributed by atoms with Gasteiger partial charge in [-0.15, -0.1) is 0 Å². The van der Waals surface area contributed by atoms with Crippen molar-refractivity contribution in [3.63, 3.8) is 0 Å². The van der Waals surface area contributed by atoms with Gasteiger partial charge in [0, 0.05) is 24.2 Å². The zero-order valence-corrected chi connectivity index (χ0v) is 20.8. The summed E-state index contributed by atoms with van der Waals surface area (Å²) in [5.74, 6) is 0.581. The molecule has 0 aromatic heterocycles. The quantitative estimate of drug-likeness (QED) is 0.514. The van der Waals surface area contributed by atoms with E-state index in [-0.39, 0.29) is 18.0 Å². The fraction of sp³-hybridized carbons (Fsp3) is 0.222. The summed E-state index contributed by atoms with van der Waals surface area (Å²) < 4.78 is 39.3. The van der Waals surface area contributed by atoms with Gasteiger partial charge in [-0.3, -0.25) is 9.10 Å². The van der Waals surface area contributed by atoms with Crippen molar-refractivity contribution in [2.45, 2.75) is 13.3 Å². The number of carbonyl (C=O) groups excluding carboxylic acids is 1. The van der Waals surface area contributed by atoms with E-state index in [1.165, 1.54) is 4.31 Å². The number of ether oxygens (including phenoxy) is 2. The van der Waals surface area contributed by atoms with Crippen LogP contribution in [0.2, 0.25) is 0 Å². The number of hydrogen-bond donors (Lipinski definition) is 1. The van der Waals surface area contributed by atoms with Gasteiger partial charge in [0.2, 0.25) is 0 Å². The standard InChI is InChI=1S/C27H28N2O5S/c1-4-29-22-13-9-8-12-21(22)25(20-10-6-5-7-11-20)26(35(29,31)32)27(30)28-17-16-19-14-15-23(33-2)24(18-19)34-3/h5-15,18H,4,16-17H2,1-3H3,(H,28,30). The van der Waals surface area contributed by atoms with Crippen molar-refractivity contribution in [2.24, 2.45) is 0 Å². The molecule has 0 unspecified atom stereocenters. The van der Waals surface area contributed by atoms with Gasteiger partial charge < -0.3 is 14.8 Å². The van der Waals surface area contributed by atoms with E-state index in [4.69, 9.17) is 9.47 Å². The molecule has 7 nitrogen and oxygen atoms in total. The van der Waals surface area contributed by atoms with Crippen molar-refractivity contribution in [3.8, 4) is 11.5 Å². The zero-order valence-electron chi connectivity index (χ0n) is 19.9. The Hall–Kier alpha value is -3.78. The number of nitrogens with one attached hydrogen (secondary N) is 1. The Morgan fingerprint density at radius 1 is 0.914 bits per heavy atom. The minimum atomic E-state index is -4.07. The van der Waals surface area contributed by atoms with E-state index in [2.05, 4.69) is 5.32 Å². The van der Waals surface area contributed by atoms with Gasteiger partial charge in [-0.25, -0.2) is 8.42 Å². The molecular formula is C27H28N2O5S. The molecule has 8 heteroatoms. The Labute approximate surface area is 206 Å². The van der Waals surface area contributed by atoms with E-state index in [0.717, 1.165) is 5.56 Å². The molecule has 3 aromatic carbocycles. The van der Waals surface area contributed by atoms with Crippen LogP contribution in [0.4, 0.5) is 5.69 Å². The first-order valence-electron chi connectivity index (χ1n) is 11.3. The van der Waals surface area contributed by atoms with Crippen molar-refractivity contribution < 1.29 is 22.7 Å². The molecule has 0 radical (unpaired) electrons. The number of anilines is 1. The van der Waals surface area contributed by atoms with Crippen LogP contribution in [0.3, 0.4) is 0 Å². The average Bonchev–Trinajstić information content (AvgIpc) is 2.87. The third kappa shape index (κ3) is 4.61. The summed E-state index contributed by atoms with van der Waals surface area (Å²) in [6, 6.07) is 21.9. The number of nitrogens with zero attached hydrogens (tertiary/aromatic N) is 1. The number of amides is 1. The van der Waals surface area contributed by atoms with Gasteiger partial charge in [0.1, 0.15) is 0 Å². The van der Waals surface area contributed by atoms with Crippen LogP contribution in [0.25, 0.3) is 5.57 Å². The summed E-state index contributed by atoms with van der Waals surface area (Å²) >= 11 is 0. The fourth-order valence-corrected chi connectivity index (χ4v) is 6.06. The van der Waals surface area contributed by atoms with Crippen molar-refractivity contribution in [1.82, 2.24) is 5.32 Å². The second-order valence-electron chi connectivity index (χ2n) is 7.95. The molecule has 1 amide bonds. The number of hydrogen-bond acceptors (Lipinski definition) is 5. The molecule has 0 fully saturated rings. The molecule has 0 saturated carbocycles. The Balaban J connectivity index is 1.71. The lowest BCUT2D eigenvalue weighted by Crippen LogP contribution is -2.41. The lowest BCUT2D eigenvalue weighted by molar-refractivity contribution is -0.116. The molecule has 35 heavy (non-hydrogen) atoms. The van der Waals surface area contributed by atoms with Crippen LogP contribution in [-0.2, 0) is 21.2 Å². The number of methoxy groups -OCH3 is 2. The molecule has 0 atom stereocenters. The molecule has 1 aliphatic heterocycles. The third-order valence-corrected chi connectivity index (χ3v) is 7.86. The van der Waals surface area contributed by atoms with Gasteiger partial charge in [0.25, 0.3) is 15.9 Å². The van der Waals surface area contributed by atoms with Crippen LogP contribution < -0.4 is 19.1 Å². The fourth-order valence-electron chi connectivity index (χ4n) is 4.29. The molecule has 0 bridgehead atoms. The Morgan fingerprint density at radius 3 is 2.29 bits per heavy atom. The molecule has 0 aliphatic carbocycles. The van der Waals surface area contributed by atoms with Gasteiger partial charge >= 0.3 is 0 Å². The molecule has 1 heterocycles. The maximum atomic E-state index is 13.7. The van der Waals surface area contributed by atoms with E-state index in [9.17, 15) is 13.2 Å². The average molecular weight is 493 g/mol. The number of fused-ring (bicyclic) bond motifs is 1. The van der Waals surface area contributed by atoms with E-state index in [0.29, 0.717) is 40.3 Å². The number of benzene rings is 3. The van der Waals surface area contributed by atoms with E-state index in [1.54, 1.807) is 39.3 Å². The van der Waals surface area contributed by atoms with Gasteiger partial charge in [-0.05, 0) is 42.7 Å². The highest BCUT2D eigenvalue weighted by Crippen LogP contribution is 2.42. The van der Waals surface area contributed by atoms with Crippen molar-refractivity contribution in [2.75, 3.05) is 31.6 Å². The Morgan fingerprint density at radius 2 is 1.60 bits per heavy atom. The highest BCUT2D eigenvalue weighted by Gasteiger charge is 2.40. The molecule has 1 N–H and O–H groups in total. The third-order valence-electron chi connectivity index (χ3n) is 5.92. The van der Waals surface area contributed by atoms with Gasteiger partial charge in [0.05, 0.1) is 19.9 Å². The van der Waals surface area contributed by atoms with Crippen molar-refractivity contribution in [3.05, 3.63) is 94.4 Å². The number of para-hydroxylation sites is 1. The summed E-state index contributed by atoms with van der Waals surface area (Å²) in [5.41, 5.74) is 3.28. The molecule has 4 rings (SSSR count). The van der Waals surface area contributed by atoms with Gasteiger partial charge in [-0.2, -0.15) is 0 Å². The monoisotopic (exact) mass is 492 g/mol. The number of carbonyl (C=O) groups is 1. The first-order chi connectivity index (χ1) is 16.9. The van der Waals surface area contributed by atoms with Crippen molar-refractivity contribution >= 4 is 27.2 Å². The Kier molecular flexibility index (Phi) is 7.12. The SMILES string of the molecule is CCN1c2ccccc2C(c2ccccc2)=C(C(=O)NCCc2ccc(OC)c(OC)c2)S1(=O)=O. The molecule has 0 spiro atoms. The lowest BCUT2D eigenvalue weighted by atomic mass is 9.95. The highest BCUT2D eigenvalue weighted by atomic mass is 32.2. The predicted molar refractivity (Wildman–Crippen MR) is 137 cm³/mol. The maximum absolute atomic E-state index is 13.7. The summed E-state index contributed by atoms with van der Waals surface area (Å²) in [6.07, 6.45) is 0.494. The minimum Gasteiger partial charge on any atom is -0.493 e. The van der Waals surface area contributed by atoms with Crippen LogP contribution in [0.1, 0.15) is 23.6 Å². The van der Waals surface area contributed by atoms with E-state index in [1.807, 2.05) is 54.6 Å². The molecular weight excluding hydrogens is 464 g/mol. The normalized spacial score (nSPS) is 14.3. The highest BCUT2D eigenvalue weighted by molar-refractivity contribution is 7.97. The second kappa shape index (κ2) is 10.2. The molecule has 1 aliphatic rings. The number of sulfonamides is 1. The van der Waals surface area contributed by atoms with E-state index < -0.39 is 15.9 Å². The molecule has 182 valence electrons. The topological polar surface area (TPSA) is 84.9 Å². The first-order valence-corrected chi connectivity index (χ1v) is 12.8. The summed E-state index contributed by atoms with van der Waals surface area (Å²) in [6.45, 7) is 2.22. The van der Waals surface area contributed by atoms with E-state index >= 15 is 0 Å². The lowest BCUT2D eigenvalue weighted by Gasteiger charge is -2.32. The number of rotatable bonds is 8. The Bertz CT molecular complexity index is 1370. The van der Waals surface area contributed by atoms with Crippen molar-refractivity contribution in [1.29, 1.82) is 0 Å². The van der Waals surface area contributed by atoms with Gasteiger partial charge in [0.15, 0.2) is 16.4 Å². The summed E-state index contributed by atoms with van der Waals surface area (Å²) in [5, 5.41) is 2.82. The van der Waals surface area contributed by atoms with Crippen LogP contribution in [-0.4, -0.2) is 41.6 Å². The summed E-state index contributed by atoms with van der Waals surface area (Å²) in [4.78, 5) is 13.2. The largest absolute Gasteiger partial charge is 0.493 e. The van der Waals surface area contributed by atoms with Gasteiger partial charge in [-0.1, -0.05) is 54.6 Å².